The normalized spacial score (nSPS) is 11.6. The summed E-state index contributed by atoms with van der Waals surface area (Å²) in [6.07, 6.45) is 1.78. The van der Waals surface area contributed by atoms with Crippen LogP contribution in [0.25, 0.3) is 17.0 Å². The first-order chi connectivity index (χ1) is 12.2. The zero-order valence-corrected chi connectivity index (χ0v) is 14.4. The van der Waals surface area contributed by atoms with Gasteiger partial charge in [0, 0.05) is 5.56 Å². The van der Waals surface area contributed by atoms with Crippen LogP contribution in [-0.2, 0) is 6.61 Å². The third-order valence-electron chi connectivity index (χ3n) is 4.00. The number of aliphatic hydroxyl groups excluding tert-OH is 1. The molecule has 0 aliphatic heterocycles. The van der Waals surface area contributed by atoms with Crippen molar-refractivity contribution < 1.29 is 14.3 Å². The molecule has 1 N–H and O–H groups in total. The second-order valence-electron chi connectivity index (χ2n) is 5.77. The Kier molecular flexibility index (Phi) is 5.31. The summed E-state index contributed by atoms with van der Waals surface area (Å²) < 4.78 is 11.6. The lowest BCUT2D eigenvalue weighted by Crippen LogP contribution is -1.97. The van der Waals surface area contributed by atoms with Crippen molar-refractivity contribution in [3.8, 4) is 17.2 Å². The van der Waals surface area contributed by atoms with Crippen molar-refractivity contribution in [3.63, 3.8) is 0 Å². The van der Waals surface area contributed by atoms with E-state index in [9.17, 15) is 0 Å². The van der Waals surface area contributed by atoms with Crippen LogP contribution >= 0.6 is 0 Å². The van der Waals surface area contributed by atoms with Crippen molar-refractivity contribution in [1.82, 2.24) is 4.98 Å². The minimum absolute atomic E-state index is 0.0409. The number of aryl methyl sites for hydroxylation is 1. The fourth-order valence-corrected chi connectivity index (χ4v) is 2.49. The molecule has 3 rings (SSSR count). The molecule has 0 amide bonds. The summed E-state index contributed by atoms with van der Waals surface area (Å²) in [6.45, 7) is 4.26. The number of aromatic nitrogens is 1. The Bertz CT molecular complexity index is 849. The maximum Gasteiger partial charge on any atom is 0.226 e. The largest absolute Gasteiger partial charge is 0.487 e. The van der Waals surface area contributed by atoms with Crippen molar-refractivity contribution in [2.75, 3.05) is 6.61 Å². The first kappa shape index (κ1) is 17.0. The van der Waals surface area contributed by atoms with E-state index in [1.165, 1.54) is 0 Å². The molecule has 0 unspecified atom stereocenters. The van der Waals surface area contributed by atoms with Crippen molar-refractivity contribution in [2.24, 2.45) is 0 Å². The molecule has 128 valence electrons. The van der Waals surface area contributed by atoms with Gasteiger partial charge in [0.15, 0.2) is 0 Å². The number of aliphatic hydroxyl groups is 1. The highest BCUT2D eigenvalue weighted by atomic mass is 16.5. The van der Waals surface area contributed by atoms with Crippen LogP contribution in [0.4, 0.5) is 0 Å². The molecule has 0 aliphatic rings. The Morgan fingerprint density at radius 1 is 1.12 bits per heavy atom. The van der Waals surface area contributed by atoms with E-state index < -0.39 is 0 Å². The number of hydrogen-bond acceptors (Lipinski definition) is 4. The van der Waals surface area contributed by atoms with E-state index in [1.807, 2.05) is 68.4 Å². The highest BCUT2D eigenvalue weighted by molar-refractivity contribution is 5.64. The van der Waals surface area contributed by atoms with E-state index >= 15 is 0 Å². The molecule has 25 heavy (non-hydrogen) atoms. The minimum Gasteiger partial charge on any atom is -0.487 e. The highest BCUT2D eigenvalue weighted by Gasteiger charge is 2.11. The molecule has 0 aliphatic carbocycles. The van der Waals surface area contributed by atoms with E-state index in [-0.39, 0.29) is 6.61 Å². The van der Waals surface area contributed by atoms with Gasteiger partial charge in [-0.05, 0) is 49.2 Å². The molecule has 0 radical (unpaired) electrons. The van der Waals surface area contributed by atoms with Crippen molar-refractivity contribution in [3.05, 3.63) is 77.7 Å². The lowest BCUT2D eigenvalue weighted by atomic mass is 10.1. The van der Waals surface area contributed by atoms with Crippen LogP contribution in [0.1, 0.15) is 23.9 Å². The fourth-order valence-electron chi connectivity index (χ4n) is 2.49. The predicted molar refractivity (Wildman–Crippen MR) is 98.2 cm³/mol. The number of rotatable bonds is 6. The Labute approximate surface area is 147 Å². The molecular formula is C21H21NO3. The molecule has 0 bridgehead atoms. The molecule has 1 aromatic heterocycles. The van der Waals surface area contributed by atoms with Gasteiger partial charge in [0.2, 0.25) is 5.89 Å². The summed E-state index contributed by atoms with van der Waals surface area (Å²) in [4.78, 5) is 4.54. The third kappa shape index (κ3) is 4.17. The van der Waals surface area contributed by atoms with Crippen LogP contribution in [0.5, 0.6) is 5.75 Å². The van der Waals surface area contributed by atoms with E-state index in [0.29, 0.717) is 12.5 Å². The number of nitrogens with zero attached hydrogens (tertiary/aromatic N) is 1. The van der Waals surface area contributed by atoms with Crippen LogP contribution < -0.4 is 4.74 Å². The fraction of sp³-hybridized carbons (Fsp3) is 0.190. The SMILES string of the molecule is C/C(=C\CO)c1ccc(OCc2nc(-c3ccccc3)oc2C)cc1. The van der Waals surface area contributed by atoms with E-state index in [2.05, 4.69) is 4.98 Å². The van der Waals surface area contributed by atoms with Crippen LogP contribution in [0.3, 0.4) is 0 Å². The maximum atomic E-state index is 8.96. The molecular weight excluding hydrogens is 314 g/mol. The van der Waals surface area contributed by atoms with Crippen molar-refractivity contribution >= 4 is 5.57 Å². The van der Waals surface area contributed by atoms with Crippen LogP contribution in [0.15, 0.2) is 65.1 Å². The van der Waals surface area contributed by atoms with Gasteiger partial charge in [-0.15, -0.1) is 0 Å². The van der Waals surface area contributed by atoms with Gasteiger partial charge in [-0.2, -0.15) is 0 Å². The first-order valence-electron chi connectivity index (χ1n) is 8.20. The zero-order chi connectivity index (χ0) is 17.6. The van der Waals surface area contributed by atoms with Gasteiger partial charge in [-0.1, -0.05) is 36.4 Å². The lowest BCUT2D eigenvalue weighted by molar-refractivity contribution is 0.299. The van der Waals surface area contributed by atoms with Gasteiger partial charge in [0.25, 0.3) is 0 Å². The van der Waals surface area contributed by atoms with Gasteiger partial charge in [0.1, 0.15) is 23.8 Å². The summed E-state index contributed by atoms with van der Waals surface area (Å²) >= 11 is 0. The topological polar surface area (TPSA) is 55.5 Å². The minimum atomic E-state index is 0.0409. The Morgan fingerprint density at radius 2 is 1.84 bits per heavy atom. The smallest absolute Gasteiger partial charge is 0.226 e. The summed E-state index contributed by atoms with van der Waals surface area (Å²) in [6, 6.07) is 17.6. The standard InChI is InChI=1S/C21H21NO3/c1-15(12-13-23)17-8-10-19(11-9-17)24-14-20-16(2)25-21(22-20)18-6-4-3-5-7-18/h3-12,23H,13-14H2,1-2H3/b15-12+. The molecule has 0 saturated heterocycles. The molecule has 2 aromatic carbocycles. The van der Waals surface area contributed by atoms with Gasteiger partial charge < -0.3 is 14.3 Å². The van der Waals surface area contributed by atoms with E-state index in [0.717, 1.165) is 33.9 Å². The summed E-state index contributed by atoms with van der Waals surface area (Å²) in [7, 11) is 0. The molecule has 0 atom stereocenters. The lowest BCUT2D eigenvalue weighted by Gasteiger charge is -2.06. The van der Waals surface area contributed by atoms with E-state index in [1.54, 1.807) is 6.08 Å². The average Bonchev–Trinajstić information content (AvgIpc) is 3.02. The Hall–Kier alpha value is -2.85. The Morgan fingerprint density at radius 3 is 2.52 bits per heavy atom. The summed E-state index contributed by atoms with van der Waals surface area (Å²) in [5.74, 6) is 2.14. The molecule has 3 aromatic rings. The molecule has 0 spiro atoms. The number of oxazole rings is 1. The second-order valence-corrected chi connectivity index (χ2v) is 5.77. The molecule has 0 fully saturated rings. The summed E-state index contributed by atoms with van der Waals surface area (Å²) in [5, 5.41) is 8.96. The zero-order valence-electron chi connectivity index (χ0n) is 14.4. The summed E-state index contributed by atoms with van der Waals surface area (Å²) in [5.41, 5.74) is 3.84. The van der Waals surface area contributed by atoms with Gasteiger partial charge in [0.05, 0.1) is 6.61 Å². The van der Waals surface area contributed by atoms with Gasteiger partial charge >= 0.3 is 0 Å². The Balaban J connectivity index is 1.68. The monoisotopic (exact) mass is 335 g/mol. The van der Waals surface area contributed by atoms with Crippen LogP contribution in [0, 0.1) is 6.92 Å². The molecule has 4 nitrogen and oxygen atoms in total. The first-order valence-corrected chi connectivity index (χ1v) is 8.20. The van der Waals surface area contributed by atoms with Crippen molar-refractivity contribution in [2.45, 2.75) is 20.5 Å². The van der Waals surface area contributed by atoms with E-state index in [4.69, 9.17) is 14.3 Å². The number of ether oxygens (including phenoxy) is 1. The second kappa shape index (κ2) is 7.81. The quantitative estimate of drug-likeness (QED) is 0.714. The third-order valence-corrected chi connectivity index (χ3v) is 4.00. The number of hydrogen-bond donors (Lipinski definition) is 1. The molecule has 4 heteroatoms. The molecule has 1 heterocycles. The van der Waals surface area contributed by atoms with Gasteiger partial charge in [-0.25, -0.2) is 4.98 Å². The maximum absolute atomic E-state index is 8.96. The van der Waals surface area contributed by atoms with Gasteiger partial charge in [-0.3, -0.25) is 0 Å². The highest BCUT2D eigenvalue weighted by Crippen LogP contribution is 2.23. The van der Waals surface area contributed by atoms with Crippen LogP contribution in [0.2, 0.25) is 0 Å². The van der Waals surface area contributed by atoms with Crippen molar-refractivity contribution in [1.29, 1.82) is 0 Å². The average molecular weight is 335 g/mol. The van der Waals surface area contributed by atoms with Crippen LogP contribution in [-0.4, -0.2) is 16.7 Å². The number of allylic oxidation sites excluding steroid dienone is 1. The predicted octanol–water partition coefficient (Wildman–Crippen LogP) is 4.62. The molecule has 0 saturated carbocycles. The number of benzene rings is 2.